The Morgan fingerprint density at radius 1 is 0.983 bits per heavy atom. The summed E-state index contributed by atoms with van der Waals surface area (Å²) in [6.07, 6.45) is 4.02. The number of hydrogen-bond acceptors (Lipinski definition) is 13. The second-order valence-electron chi connectivity index (χ2n) is 18.1. The van der Waals surface area contributed by atoms with Crippen LogP contribution in [0.4, 0.5) is 0 Å². The normalized spacial score (nSPS) is 39.5. The highest BCUT2D eigenvalue weighted by Crippen LogP contribution is 2.39. The van der Waals surface area contributed by atoms with Crippen LogP contribution in [-0.2, 0) is 38.1 Å². The molecule has 2 bridgehead atoms. The molecule has 340 valence electrons. The van der Waals surface area contributed by atoms with Gasteiger partial charge in [0.2, 0.25) is 5.79 Å². The van der Waals surface area contributed by atoms with E-state index in [4.69, 9.17) is 23.7 Å². The molecule has 14 heteroatoms. The van der Waals surface area contributed by atoms with E-state index in [2.05, 4.69) is 24.9 Å². The molecule has 5 N–H and O–H groups in total. The van der Waals surface area contributed by atoms with Gasteiger partial charge in [0, 0.05) is 70.0 Å². The number of nitrogens with one attached hydrogen (secondary N) is 2. The van der Waals surface area contributed by atoms with E-state index < -0.39 is 77.9 Å². The number of rotatable bonds is 9. The summed E-state index contributed by atoms with van der Waals surface area (Å²) in [6.45, 7) is 16.3. The van der Waals surface area contributed by atoms with E-state index in [0.717, 1.165) is 11.3 Å². The van der Waals surface area contributed by atoms with Gasteiger partial charge in [-0.2, -0.15) is 0 Å². The largest absolute Gasteiger partial charge is 0.456 e. The maximum atomic E-state index is 14.4. The van der Waals surface area contributed by atoms with Crippen LogP contribution in [0.3, 0.4) is 0 Å². The summed E-state index contributed by atoms with van der Waals surface area (Å²) in [5, 5.41) is 47.1. The Morgan fingerprint density at radius 2 is 1.65 bits per heavy atom. The van der Waals surface area contributed by atoms with Crippen molar-refractivity contribution in [2.45, 2.75) is 167 Å². The number of allylic oxidation sites excluding steroid dienone is 4. The minimum atomic E-state index is -2.51. The second kappa shape index (κ2) is 22.4. The first-order valence-electron chi connectivity index (χ1n) is 22.1. The Hall–Kier alpha value is -2.98. The summed E-state index contributed by atoms with van der Waals surface area (Å²) < 4.78 is 30.0. The molecule has 2 saturated heterocycles. The summed E-state index contributed by atoms with van der Waals surface area (Å²) in [6, 6.07) is -1.13. The molecule has 3 heterocycles. The third kappa shape index (κ3) is 12.1. The predicted molar refractivity (Wildman–Crippen MR) is 228 cm³/mol. The number of cyclic esters (lactones) is 1. The fraction of sp³-hybridized carbons (Fsp3) is 0.783. The van der Waals surface area contributed by atoms with Crippen LogP contribution in [0.15, 0.2) is 35.6 Å². The molecule has 60 heavy (non-hydrogen) atoms. The molecule has 1 aliphatic carbocycles. The van der Waals surface area contributed by atoms with Gasteiger partial charge < -0.3 is 54.6 Å². The number of aliphatic hydroxyl groups excluding tert-OH is 2. The summed E-state index contributed by atoms with van der Waals surface area (Å²) >= 11 is 0. The van der Waals surface area contributed by atoms with Crippen molar-refractivity contribution in [3.8, 4) is 0 Å². The molecule has 14 atom stereocenters. The second-order valence-corrected chi connectivity index (χ2v) is 18.1. The fourth-order valence-corrected chi connectivity index (χ4v) is 9.84. The van der Waals surface area contributed by atoms with Gasteiger partial charge in [-0.15, -0.1) is 0 Å². The van der Waals surface area contributed by atoms with Crippen molar-refractivity contribution >= 4 is 23.4 Å². The van der Waals surface area contributed by atoms with E-state index in [9.17, 15) is 35.1 Å². The van der Waals surface area contributed by atoms with Crippen LogP contribution in [0.5, 0.6) is 0 Å². The third-order valence-electron chi connectivity index (χ3n) is 13.4. The lowest BCUT2D eigenvalue weighted by molar-refractivity contribution is -0.302. The van der Waals surface area contributed by atoms with E-state index in [1.54, 1.807) is 35.2 Å². The lowest BCUT2D eigenvalue weighted by Gasteiger charge is -2.47. The summed E-state index contributed by atoms with van der Waals surface area (Å²) in [5.41, 5.74) is 2.80. The van der Waals surface area contributed by atoms with E-state index in [1.165, 1.54) is 4.90 Å². The Kier molecular flexibility index (Phi) is 18.5. The Balaban J connectivity index is 1.80. The molecular weight excluding hydrogens is 771 g/mol. The average Bonchev–Trinajstić information content (AvgIpc) is 3.21. The summed E-state index contributed by atoms with van der Waals surface area (Å²) in [7, 11) is 4.66. The molecule has 0 spiro atoms. The number of ether oxygens (including phenoxy) is 5. The van der Waals surface area contributed by atoms with Gasteiger partial charge in [0.25, 0.3) is 11.7 Å². The topological polar surface area (TPSA) is 197 Å². The van der Waals surface area contributed by atoms with Crippen LogP contribution in [-0.4, -0.2) is 133 Å². The zero-order valence-corrected chi connectivity index (χ0v) is 37.6. The lowest BCUT2D eigenvalue weighted by atomic mass is 9.81. The predicted octanol–water partition coefficient (Wildman–Crippen LogP) is 5.03. The standard InChI is InChI=1S/C46H75N3O11/c1-11-48-30(6)23-33-19-26(2)18-27(3)20-39(57-9)42-40(58-10)22-29(5)46(55,60-42)43(52)44(53)49-17-13-12-14-35(49)45(54)59-41(31(7)37(51)25-34(33)47)28(4)21-32-15-16-36(50)38(24-32)56-8/h19,21,27,29,31-33,35-42,47-48,50-51,55H,6,11-18,20,22-25H2,1-5,7-10H3/b26-19+,28-21+,47-34?/t27-,29+,31+,32-,33-,35-,36+,37-,38+,39-,40-,41+,42+,46+/m0/s1. The van der Waals surface area contributed by atoms with Crippen LogP contribution >= 0.6 is 0 Å². The molecule has 3 fully saturated rings. The first-order chi connectivity index (χ1) is 28.4. The van der Waals surface area contributed by atoms with Crippen molar-refractivity contribution in [3.05, 3.63) is 35.6 Å². The molecule has 14 nitrogen and oxygen atoms in total. The monoisotopic (exact) mass is 846 g/mol. The number of esters is 1. The molecule has 0 aromatic rings. The number of carbonyl (C=O) groups is 3. The van der Waals surface area contributed by atoms with Crippen LogP contribution in [0.1, 0.15) is 112 Å². The number of hydrogen-bond donors (Lipinski definition) is 5. The van der Waals surface area contributed by atoms with Gasteiger partial charge in [0.1, 0.15) is 18.2 Å². The molecule has 0 radical (unpaired) electrons. The lowest BCUT2D eigenvalue weighted by Crippen LogP contribution is -2.64. The number of fused-ring (bicyclic) bond motifs is 3. The molecule has 1 saturated carbocycles. The molecule has 1 amide bonds. The van der Waals surface area contributed by atoms with Crippen molar-refractivity contribution in [3.63, 3.8) is 0 Å². The van der Waals surface area contributed by atoms with Crippen molar-refractivity contribution < 1.29 is 53.4 Å². The molecule has 0 aromatic carbocycles. The number of nitrogens with zero attached hydrogens (tertiary/aromatic N) is 1. The number of Topliss-reactive ketones (excluding diaryl/α,β-unsaturated/α-hetero) is 1. The Labute approximate surface area is 357 Å². The van der Waals surface area contributed by atoms with Gasteiger partial charge in [0.05, 0.1) is 30.5 Å². The quantitative estimate of drug-likeness (QED) is 0.118. The van der Waals surface area contributed by atoms with Gasteiger partial charge in [-0.05, 0) is 102 Å². The maximum Gasteiger partial charge on any atom is 0.329 e. The van der Waals surface area contributed by atoms with Crippen LogP contribution < -0.4 is 5.32 Å². The van der Waals surface area contributed by atoms with E-state index >= 15 is 0 Å². The van der Waals surface area contributed by atoms with Gasteiger partial charge in [0.15, 0.2) is 0 Å². The first kappa shape index (κ1) is 49.7. The zero-order chi connectivity index (χ0) is 44.5. The van der Waals surface area contributed by atoms with Gasteiger partial charge >= 0.3 is 5.97 Å². The SMILES string of the molecule is C=C(C[C@@H]1/C=C(\C)C[C@H](C)C[C@H](OC)[C@H]2O[C@@](O)(C(=O)C(=O)N3CCCC[C@H]3C(=O)O[C@H](/C(C)=C/[C@@H]3CC[C@@H](O)[C@H](OC)C3)[C@H](C)[C@@H](O)CC1=N)[C@H](C)C[C@@H]2OC)NCC. The van der Waals surface area contributed by atoms with E-state index in [0.29, 0.717) is 69.2 Å². The highest BCUT2D eigenvalue weighted by Gasteiger charge is 2.56. The van der Waals surface area contributed by atoms with Gasteiger partial charge in [-0.1, -0.05) is 45.1 Å². The smallest absolute Gasteiger partial charge is 0.329 e. The van der Waals surface area contributed by atoms with Crippen molar-refractivity contribution in [2.75, 3.05) is 34.4 Å². The van der Waals surface area contributed by atoms with Gasteiger partial charge in [-0.3, -0.25) is 9.59 Å². The van der Waals surface area contributed by atoms with Crippen molar-refractivity contribution in [1.82, 2.24) is 10.2 Å². The van der Waals surface area contributed by atoms with Crippen molar-refractivity contribution in [1.29, 1.82) is 5.41 Å². The molecule has 0 aromatic heterocycles. The number of amides is 1. The molecule has 4 rings (SSSR count). The zero-order valence-electron chi connectivity index (χ0n) is 37.6. The number of methoxy groups -OCH3 is 3. The van der Waals surface area contributed by atoms with Crippen LogP contribution in [0, 0.1) is 35.0 Å². The van der Waals surface area contributed by atoms with E-state index in [1.807, 2.05) is 26.8 Å². The van der Waals surface area contributed by atoms with Crippen molar-refractivity contribution in [2.24, 2.45) is 29.6 Å². The summed E-state index contributed by atoms with van der Waals surface area (Å²) in [4.78, 5) is 44.2. The van der Waals surface area contributed by atoms with Crippen LogP contribution in [0.25, 0.3) is 0 Å². The number of ketones is 1. The number of aliphatic hydroxyl groups is 3. The number of carbonyl (C=O) groups excluding carboxylic acids is 3. The highest BCUT2D eigenvalue weighted by molar-refractivity contribution is 6.39. The van der Waals surface area contributed by atoms with E-state index in [-0.39, 0.29) is 49.7 Å². The van der Waals surface area contributed by atoms with Gasteiger partial charge in [-0.25, -0.2) is 4.79 Å². The van der Waals surface area contributed by atoms with Crippen LogP contribution in [0.2, 0.25) is 0 Å². The third-order valence-corrected chi connectivity index (χ3v) is 13.4. The minimum absolute atomic E-state index is 0.00430. The molecule has 0 unspecified atom stereocenters. The average molecular weight is 846 g/mol. The Morgan fingerprint density at radius 3 is 2.30 bits per heavy atom. The Bertz CT molecular complexity index is 1570. The minimum Gasteiger partial charge on any atom is -0.456 e. The maximum absolute atomic E-state index is 14.4. The fourth-order valence-electron chi connectivity index (χ4n) is 9.84. The number of piperidine rings is 1. The summed E-state index contributed by atoms with van der Waals surface area (Å²) in [5.74, 6) is -7.27. The highest BCUT2D eigenvalue weighted by atomic mass is 16.7. The molecule has 3 aliphatic heterocycles. The first-order valence-corrected chi connectivity index (χ1v) is 22.1. The molecule has 4 aliphatic rings. The molecular formula is C46H75N3O11.